The molecule has 0 aliphatic carbocycles. The van der Waals surface area contributed by atoms with E-state index in [4.69, 9.17) is 4.74 Å². The van der Waals surface area contributed by atoms with Gasteiger partial charge in [-0.3, -0.25) is 0 Å². The molecule has 2 aromatic rings. The molecule has 0 saturated carbocycles. The number of nitrogens with one attached hydrogen (secondary N) is 1. The van der Waals surface area contributed by atoms with Gasteiger partial charge >= 0.3 is 6.09 Å². The zero-order valence-corrected chi connectivity index (χ0v) is 11.7. The lowest BCUT2D eigenvalue weighted by atomic mass is 9.98. The molecule has 20 heavy (non-hydrogen) atoms. The minimum Gasteiger partial charge on any atom is -0.447 e. The van der Waals surface area contributed by atoms with Crippen LogP contribution in [0.5, 0.6) is 0 Å². The highest BCUT2D eigenvalue weighted by atomic mass is 16.6. The van der Waals surface area contributed by atoms with Gasteiger partial charge in [-0.05, 0) is 30.5 Å². The van der Waals surface area contributed by atoms with Crippen molar-refractivity contribution in [1.82, 2.24) is 9.88 Å². The Labute approximate surface area is 118 Å². The van der Waals surface area contributed by atoms with E-state index in [-0.39, 0.29) is 12.1 Å². The van der Waals surface area contributed by atoms with Gasteiger partial charge < -0.3 is 14.6 Å². The number of carbonyl (C=O) groups excluding carboxylic acids is 1. The van der Waals surface area contributed by atoms with Crippen LogP contribution >= 0.6 is 0 Å². The van der Waals surface area contributed by atoms with E-state index < -0.39 is 0 Å². The second-order valence-electron chi connectivity index (χ2n) is 5.31. The van der Waals surface area contributed by atoms with E-state index in [1.54, 1.807) is 0 Å². The van der Waals surface area contributed by atoms with Crippen LogP contribution in [-0.2, 0) is 18.2 Å². The normalized spacial score (nSPS) is 17.9. The molecular weight excluding hydrogens is 252 g/mol. The second-order valence-corrected chi connectivity index (χ2v) is 5.31. The van der Waals surface area contributed by atoms with E-state index in [1.807, 2.05) is 12.1 Å². The Kier molecular flexibility index (Phi) is 3.22. The van der Waals surface area contributed by atoms with Crippen molar-refractivity contribution in [2.24, 2.45) is 7.05 Å². The first-order chi connectivity index (χ1) is 9.63. The highest BCUT2D eigenvalue weighted by Crippen LogP contribution is 2.26. The minimum absolute atomic E-state index is 0.0602. The Balaban J connectivity index is 1.92. The molecule has 1 N–H and O–H groups in total. The molecule has 4 nitrogen and oxygen atoms in total. The van der Waals surface area contributed by atoms with Crippen molar-refractivity contribution < 1.29 is 9.53 Å². The molecule has 1 atom stereocenters. The summed E-state index contributed by atoms with van der Waals surface area (Å²) in [6, 6.07) is 10.6. The number of ether oxygens (including phenoxy) is 1. The van der Waals surface area contributed by atoms with E-state index in [0.717, 1.165) is 6.42 Å². The molecule has 1 unspecified atom stereocenters. The Hall–Kier alpha value is -2.23. The Morgan fingerprint density at radius 2 is 2.20 bits per heavy atom. The molecule has 0 spiro atoms. The summed E-state index contributed by atoms with van der Waals surface area (Å²) < 4.78 is 7.09. The molecular formula is C16H18N2O2. The molecule has 1 aromatic carbocycles. The number of hydrogen-bond acceptors (Lipinski definition) is 2. The average Bonchev–Trinajstić information content (AvgIpc) is 2.96. The van der Waals surface area contributed by atoms with Gasteiger partial charge in [0.1, 0.15) is 6.61 Å². The zero-order chi connectivity index (χ0) is 14.1. The molecule has 2 heterocycles. The molecule has 1 fully saturated rings. The predicted molar refractivity (Wildman–Crippen MR) is 77.6 cm³/mol. The van der Waals surface area contributed by atoms with Crippen molar-refractivity contribution in [3.8, 4) is 11.3 Å². The van der Waals surface area contributed by atoms with E-state index >= 15 is 0 Å². The summed E-state index contributed by atoms with van der Waals surface area (Å²) in [5, 5.41) is 2.83. The first-order valence-corrected chi connectivity index (χ1v) is 6.78. The number of aryl methyl sites for hydroxylation is 2. The summed E-state index contributed by atoms with van der Waals surface area (Å²) in [6.45, 7) is 2.54. The van der Waals surface area contributed by atoms with Gasteiger partial charge in [-0.15, -0.1) is 0 Å². The number of aromatic nitrogens is 1. The number of cyclic esters (lactones) is 1. The molecule has 104 valence electrons. The van der Waals surface area contributed by atoms with E-state index in [0.29, 0.717) is 6.61 Å². The summed E-state index contributed by atoms with van der Waals surface area (Å²) in [5.74, 6) is 0. The number of carbonyl (C=O) groups is 1. The molecule has 1 aliphatic heterocycles. The number of alkyl carbamates (subject to hydrolysis) is 1. The number of amides is 1. The van der Waals surface area contributed by atoms with Gasteiger partial charge in [0, 0.05) is 24.5 Å². The average molecular weight is 270 g/mol. The maximum atomic E-state index is 11.1. The maximum absolute atomic E-state index is 11.1. The third kappa shape index (κ3) is 2.41. The smallest absolute Gasteiger partial charge is 0.407 e. The molecule has 4 heteroatoms. The summed E-state index contributed by atoms with van der Waals surface area (Å²) >= 11 is 0. The maximum Gasteiger partial charge on any atom is 0.407 e. The Bertz CT molecular complexity index is 646. The van der Waals surface area contributed by atoms with Crippen molar-refractivity contribution in [1.29, 1.82) is 0 Å². The van der Waals surface area contributed by atoms with Gasteiger partial charge in [-0.2, -0.15) is 0 Å². The molecule has 1 amide bonds. The first-order valence-electron chi connectivity index (χ1n) is 6.78. The first kappa shape index (κ1) is 12.8. The lowest BCUT2D eigenvalue weighted by Gasteiger charge is -2.13. The van der Waals surface area contributed by atoms with Gasteiger partial charge in [0.25, 0.3) is 0 Å². The van der Waals surface area contributed by atoms with E-state index in [1.165, 1.54) is 22.4 Å². The molecule has 1 saturated heterocycles. The number of hydrogen-bond donors (Lipinski definition) is 1. The van der Waals surface area contributed by atoms with Gasteiger partial charge in [0.2, 0.25) is 0 Å². The highest BCUT2D eigenvalue weighted by Gasteiger charge is 2.23. The lowest BCUT2D eigenvalue weighted by Crippen LogP contribution is -2.28. The Morgan fingerprint density at radius 3 is 2.85 bits per heavy atom. The molecule has 0 radical (unpaired) electrons. The van der Waals surface area contributed by atoms with Crippen LogP contribution in [0, 0.1) is 6.92 Å². The minimum atomic E-state index is -0.317. The van der Waals surface area contributed by atoms with Crippen LogP contribution in [0.1, 0.15) is 11.1 Å². The predicted octanol–water partition coefficient (Wildman–Crippen LogP) is 2.65. The van der Waals surface area contributed by atoms with Crippen LogP contribution in [-0.4, -0.2) is 23.3 Å². The highest BCUT2D eigenvalue weighted by molar-refractivity contribution is 5.70. The number of nitrogens with zero attached hydrogens (tertiary/aromatic N) is 1. The number of benzene rings is 1. The van der Waals surface area contributed by atoms with Gasteiger partial charge in [-0.25, -0.2) is 4.79 Å². The zero-order valence-electron chi connectivity index (χ0n) is 11.7. The third-order valence-electron chi connectivity index (χ3n) is 3.64. The molecule has 3 rings (SSSR count). The Morgan fingerprint density at radius 1 is 1.40 bits per heavy atom. The SMILES string of the molecule is Cc1cc(-c2ccccc2CC2COC(=O)N2)n(C)c1. The molecule has 1 aliphatic rings. The van der Waals surface area contributed by atoms with Gasteiger partial charge in [-0.1, -0.05) is 24.3 Å². The quantitative estimate of drug-likeness (QED) is 0.931. The monoisotopic (exact) mass is 270 g/mol. The standard InChI is InChI=1S/C16H18N2O2/c1-11-7-15(18(2)9-11)14-6-4-3-5-12(14)8-13-10-20-16(19)17-13/h3-7,9,13H,8,10H2,1-2H3,(H,17,19). The number of rotatable bonds is 3. The van der Waals surface area contributed by atoms with E-state index in [9.17, 15) is 4.79 Å². The van der Waals surface area contributed by atoms with Crippen LogP contribution in [0.3, 0.4) is 0 Å². The van der Waals surface area contributed by atoms with Crippen LogP contribution in [0.15, 0.2) is 36.5 Å². The summed E-state index contributed by atoms with van der Waals surface area (Å²) in [5.41, 5.74) is 4.88. The van der Waals surface area contributed by atoms with Crippen LogP contribution in [0.2, 0.25) is 0 Å². The van der Waals surface area contributed by atoms with E-state index in [2.05, 4.69) is 48.3 Å². The third-order valence-corrected chi connectivity index (χ3v) is 3.64. The molecule has 1 aromatic heterocycles. The van der Waals surface area contributed by atoms with Crippen LogP contribution in [0.25, 0.3) is 11.3 Å². The van der Waals surface area contributed by atoms with Crippen molar-refractivity contribution >= 4 is 6.09 Å². The fraction of sp³-hybridized carbons (Fsp3) is 0.312. The second kappa shape index (κ2) is 5.04. The fourth-order valence-electron chi connectivity index (χ4n) is 2.75. The van der Waals surface area contributed by atoms with Gasteiger partial charge in [0.15, 0.2) is 0 Å². The summed E-state index contributed by atoms with van der Waals surface area (Å²) in [4.78, 5) is 11.1. The van der Waals surface area contributed by atoms with Crippen molar-refractivity contribution in [3.05, 3.63) is 47.7 Å². The van der Waals surface area contributed by atoms with Crippen LogP contribution in [0.4, 0.5) is 4.79 Å². The van der Waals surface area contributed by atoms with Gasteiger partial charge in [0.05, 0.1) is 6.04 Å². The van der Waals surface area contributed by atoms with Crippen LogP contribution < -0.4 is 5.32 Å². The fourth-order valence-corrected chi connectivity index (χ4v) is 2.75. The summed E-state index contributed by atoms with van der Waals surface area (Å²) in [7, 11) is 2.06. The van der Waals surface area contributed by atoms with Crippen molar-refractivity contribution in [2.45, 2.75) is 19.4 Å². The largest absolute Gasteiger partial charge is 0.447 e. The summed E-state index contributed by atoms with van der Waals surface area (Å²) in [6.07, 6.45) is 2.58. The molecule has 0 bridgehead atoms. The lowest BCUT2D eigenvalue weighted by molar-refractivity contribution is 0.177. The van der Waals surface area contributed by atoms with Crippen molar-refractivity contribution in [3.63, 3.8) is 0 Å². The topological polar surface area (TPSA) is 43.3 Å². The van der Waals surface area contributed by atoms with Crippen molar-refractivity contribution in [2.75, 3.05) is 6.61 Å².